The molecule has 0 saturated carbocycles. The fourth-order valence-corrected chi connectivity index (χ4v) is 2.90. The van der Waals surface area contributed by atoms with Crippen molar-refractivity contribution in [2.75, 3.05) is 6.54 Å². The van der Waals surface area contributed by atoms with Gasteiger partial charge in [-0.1, -0.05) is 45.2 Å². The summed E-state index contributed by atoms with van der Waals surface area (Å²) in [5.74, 6) is -0.112. The normalized spacial score (nSPS) is 17.8. The summed E-state index contributed by atoms with van der Waals surface area (Å²) in [4.78, 5) is 19.0. The summed E-state index contributed by atoms with van der Waals surface area (Å²) in [6.07, 6.45) is 1.64. The number of hydrogen-bond donors (Lipinski definition) is 1. The Balaban J connectivity index is 2.26. The van der Waals surface area contributed by atoms with Gasteiger partial charge >= 0.3 is 0 Å². The molecule has 0 aromatic heterocycles. The number of aliphatic imine (C=N–C) groups is 2. The minimum absolute atomic E-state index is 0.299. The number of carbonyl (C=O) groups is 1. The first-order valence-corrected chi connectivity index (χ1v) is 6.73. The van der Waals surface area contributed by atoms with E-state index in [1.54, 1.807) is 24.4 Å². The van der Waals surface area contributed by atoms with Crippen molar-refractivity contribution in [3.8, 4) is 0 Å². The topological polar surface area (TPSA) is 53.8 Å². The first-order chi connectivity index (χ1) is 8.59. The number of halogens is 3. The number of guanidine groups is 1. The predicted octanol–water partition coefficient (Wildman–Crippen LogP) is 2.99. The second-order valence-electron chi connectivity index (χ2n) is 3.46. The number of rotatable bonds is 2. The van der Waals surface area contributed by atoms with E-state index in [4.69, 9.17) is 23.2 Å². The largest absolute Gasteiger partial charge is 0.349 e. The highest BCUT2D eigenvalue weighted by Crippen LogP contribution is 2.35. The van der Waals surface area contributed by atoms with Crippen molar-refractivity contribution in [1.82, 2.24) is 5.32 Å². The molecule has 0 radical (unpaired) electrons. The smallest absolute Gasteiger partial charge is 0.267 e. The van der Waals surface area contributed by atoms with Crippen LogP contribution in [0.25, 0.3) is 0 Å². The van der Waals surface area contributed by atoms with Crippen molar-refractivity contribution in [2.24, 2.45) is 9.98 Å². The maximum atomic E-state index is 11.9. The Hall–Kier alpha value is -0.910. The molecule has 18 heavy (non-hydrogen) atoms. The van der Waals surface area contributed by atoms with E-state index >= 15 is 0 Å². The molecular formula is C11H8BrCl2N3O. The first-order valence-electron chi connectivity index (χ1n) is 5.06. The van der Waals surface area contributed by atoms with Gasteiger partial charge in [-0.15, -0.1) is 0 Å². The number of nitrogens with one attached hydrogen (secondary N) is 1. The van der Waals surface area contributed by atoms with Crippen molar-refractivity contribution >= 4 is 57.2 Å². The maximum Gasteiger partial charge on any atom is 0.267 e. The quantitative estimate of drug-likeness (QED) is 0.835. The van der Waals surface area contributed by atoms with Crippen LogP contribution in [0, 0.1) is 0 Å². The molecule has 1 heterocycles. The highest BCUT2D eigenvalue weighted by Gasteiger charge is 2.23. The van der Waals surface area contributed by atoms with Crippen LogP contribution in [0.3, 0.4) is 0 Å². The highest BCUT2D eigenvalue weighted by atomic mass is 79.9. The van der Waals surface area contributed by atoms with E-state index < -0.39 is 10.7 Å². The third-order valence-electron chi connectivity index (χ3n) is 2.25. The van der Waals surface area contributed by atoms with Crippen molar-refractivity contribution in [3.05, 3.63) is 33.8 Å². The fraction of sp³-hybridized carbons (Fsp3) is 0.182. The van der Waals surface area contributed by atoms with Crippen molar-refractivity contribution < 1.29 is 4.79 Å². The summed E-state index contributed by atoms with van der Waals surface area (Å²) < 4.78 is 0. The minimum atomic E-state index is -0.691. The molecule has 1 aliphatic rings. The Kier molecular flexibility index (Phi) is 4.37. The van der Waals surface area contributed by atoms with Crippen LogP contribution >= 0.6 is 39.1 Å². The molecule has 0 bridgehead atoms. The van der Waals surface area contributed by atoms with Gasteiger partial charge in [0.2, 0.25) is 5.96 Å². The molecule has 1 aliphatic heterocycles. The van der Waals surface area contributed by atoms with Crippen LogP contribution in [0.2, 0.25) is 10.0 Å². The van der Waals surface area contributed by atoms with Crippen LogP contribution < -0.4 is 5.32 Å². The number of amides is 1. The third-order valence-corrected chi connectivity index (χ3v) is 3.76. The number of carbonyl (C=O) groups excluding carboxylic acids is 1. The van der Waals surface area contributed by atoms with Crippen LogP contribution in [0.1, 0.15) is 10.4 Å². The maximum absolute atomic E-state index is 11.9. The molecule has 4 nitrogen and oxygen atoms in total. The molecule has 2 rings (SSSR count). The van der Waals surface area contributed by atoms with Gasteiger partial charge in [0.15, 0.2) is 0 Å². The van der Waals surface area contributed by atoms with E-state index in [1.807, 2.05) is 0 Å². The van der Waals surface area contributed by atoms with Crippen molar-refractivity contribution in [3.63, 3.8) is 0 Å². The Morgan fingerprint density at radius 3 is 2.67 bits per heavy atom. The van der Waals surface area contributed by atoms with Gasteiger partial charge in [-0.05, 0) is 12.1 Å². The molecule has 94 valence electrons. The molecule has 1 aromatic rings. The summed E-state index contributed by atoms with van der Waals surface area (Å²) >= 11 is 15.3. The Morgan fingerprint density at radius 1 is 1.44 bits per heavy atom. The van der Waals surface area contributed by atoms with Gasteiger partial charge in [-0.25, -0.2) is 4.99 Å². The Morgan fingerprint density at radius 2 is 2.11 bits per heavy atom. The standard InChI is InChI=1S/C11H8BrCl2N3O/c12-9(8-6(13)2-1-3-7(8)14)10(18)17-11-15-4-5-16-11/h1-4,9H,5H2,(H,16,17,18). The van der Waals surface area contributed by atoms with Crippen molar-refractivity contribution in [2.45, 2.75) is 4.83 Å². The molecule has 0 spiro atoms. The highest BCUT2D eigenvalue weighted by molar-refractivity contribution is 9.09. The molecule has 1 aromatic carbocycles. The van der Waals surface area contributed by atoms with Crippen LogP contribution in [-0.4, -0.2) is 24.6 Å². The lowest BCUT2D eigenvalue weighted by molar-refractivity contribution is -0.117. The van der Waals surface area contributed by atoms with E-state index in [0.717, 1.165) is 0 Å². The summed E-state index contributed by atoms with van der Waals surface area (Å²) in [5, 5.41) is 3.68. The van der Waals surface area contributed by atoms with Gasteiger partial charge in [-0.3, -0.25) is 4.79 Å². The monoisotopic (exact) mass is 347 g/mol. The van der Waals surface area contributed by atoms with E-state index in [-0.39, 0.29) is 0 Å². The molecule has 0 fully saturated rings. The zero-order chi connectivity index (χ0) is 13.1. The minimum Gasteiger partial charge on any atom is -0.349 e. The van der Waals surface area contributed by atoms with Gasteiger partial charge in [0.1, 0.15) is 4.83 Å². The predicted molar refractivity (Wildman–Crippen MR) is 77.1 cm³/mol. The Bertz CT molecular complexity index is 525. The van der Waals surface area contributed by atoms with E-state index in [0.29, 0.717) is 28.1 Å². The summed E-state index contributed by atoms with van der Waals surface area (Å²) in [6.45, 7) is 0.575. The number of alkyl halides is 1. The zero-order valence-corrected chi connectivity index (χ0v) is 12.1. The van der Waals surface area contributed by atoms with E-state index in [2.05, 4.69) is 31.2 Å². The zero-order valence-electron chi connectivity index (χ0n) is 9.03. The van der Waals surface area contributed by atoms with Crippen LogP contribution in [0.5, 0.6) is 0 Å². The molecule has 0 saturated heterocycles. The van der Waals surface area contributed by atoms with Gasteiger partial charge < -0.3 is 5.32 Å². The average molecular weight is 349 g/mol. The molecule has 7 heteroatoms. The second kappa shape index (κ2) is 5.82. The number of benzene rings is 1. The lowest BCUT2D eigenvalue weighted by Crippen LogP contribution is -2.18. The van der Waals surface area contributed by atoms with Crippen molar-refractivity contribution in [1.29, 1.82) is 0 Å². The molecule has 1 amide bonds. The fourth-order valence-electron chi connectivity index (χ4n) is 1.42. The van der Waals surface area contributed by atoms with Crippen LogP contribution in [0.15, 0.2) is 28.2 Å². The van der Waals surface area contributed by atoms with Gasteiger partial charge in [0, 0.05) is 21.8 Å². The lowest BCUT2D eigenvalue weighted by atomic mass is 10.1. The second-order valence-corrected chi connectivity index (χ2v) is 5.19. The first kappa shape index (κ1) is 13.5. The van der Waals surface area contributed by atoms with E-state index in [9.17, 15) is 4.79 Å². The number of hydrogen-bond acceptors (Lipinski definition) is 1. The van der Waals surface area contributed by atoms with Crippen LogP contribution in [-0.2, 0) is 4.79 Å². The van der Waals surface area contributed by atoms with E-state index in [1.165, 1.54) is 0 Å². The number of nitrogens with zero attached hydrogens (tertiary/aromatic N) is 2. The van der Waals surface area contributed by atoms with Gasteiger partial charge in [-0.2, -0.15) is 4.99 Å². The molecular weight excluding hydrogens is 341 g/mol. The summed E-state index contributed by atoms with van der Waals surface area (Å²) in [5.41, 5.74) is 0.511. The van der Waals surface area contributed by atoms with Gasteiger partial charge in [0.25, 0.3) is 5.91 Å². The third kappa shape index (κ3) is 2.91. The average Bonchev–Trinajstić information content (AvgIpc) is 2.81. The van der Waals surface area contributed by atoms with Crippen LogP contribution in [0.4, 0.5) is 0 Å². The SMILES string of the molecule is O=C(N=C1N=CCN1)C(Br)c1c(Cl)cccc1Cl. The molecule has 1 atom stereocenters. The molecule has 1 N–H and O–H groups in total. The molecule has 1 unspecified atom stereocenters. The Labute approximate surface area is 122 Å². The molecule has 0 aliphatic carbocycles. The van der Waals surface area contributed by atoms with Gasteiger partial charge in [0.05, 0.1) is 6.54 Å². The lowest BCUT2D eigenvalue weighted by Gasteiger charge is -2.10. The summed E-state index contributed by atoms with van der Waals surface area (Å²) in [6, 6.07) is 5.06. The summed E-state index contributed by atoms with van der Waals surface area (Å²) in [7, 11) is 0.